The first-order valence-corrected chi connectivity index (χ1v) is 11.5. The highest BCUT2D eigenvalue weighted by Crippen LogP contribution is 2.24. The summed E-state index contributed by atoms with van der Waals surface area (Å²) in [5, 5.41) is 8.84. The van der Waals surface area contributed by atoms with Crippen molar-refractivity contribution in [2.45, 2.75) is 51.9 Å². The fourth-order valence-corrected chi connectivity index (χ4v) is 4.73. The molecular weight excluding hydrogens is 386 g/mol. The summed E-state index contributed by atoms with van der Waals surface area (Å²) in [6.45, 7) is 16.6. The van der Waals surface area contributed by atoms with Crippen LogP contribution >= 0.6 is 0 Å². The Labute approximate surface area is 180 Å². The second kappa shape index (κ2) is 10.7. The van der Waals surface area contributed by atoms with Crippen LogP contribution in [0.5, 0.6) is 0 Å². The highest BCUT2D eigenvalue weighted by Gasteiger charge is 2.42. The smallest absolute Gasteiger partial charge is 0.411 e. The maximum atomic E-state index is 12.5. The molecule has 0 radical (unpaired) electrons. The van der Waals surface area contributed by atoms with Gasteiger partial charge in [0.05, 0.1) is 12.5 Å². The predicted molar refractivity (Wildman–Crippen MR) is 114 cm³/mol. The molecule has 2 atom stereocenters. The number of cyclic esters (lactones) is 1. The first kappa shape index (κ1) is 23.2. The molecule has 0 bridgehead atoms. The molecule has 3 aliphatic heterocycles. The monoisotopic (exact) mass is 425 g/mol. The molecule has 172 valence electrons. The van der Waals surface area contributed by atoms with E-state index in [1.807, 2.05) is 4.90 Å². The summed E-state index contributed by atoms with van der Waals surface area (Å²) in [5.74, 6) is -0.756. The molecule has 3 rings (SSSR count). The fourth-order valence-electron chi connectivity index (χ4n) is 4.73. The second-order valence-corrected chi connectivity index (χ2v) is 9.05. The normalized spacial score (nSPS) is 27.7. The number of aliphatic carboxylic acids is 1. The summed E-state index contributed by atoms with van der Waals surface area (Å²) < 4.78 is 5.72. The van der Waals surface area contributed by atoms with E-state index in [4.69, 9.17) is 9.84 Å². The maximum Gasteiger partial charge on any atom is 0.411 e. The number of hydrogen-bond donors (Lipinski definition) is 1. The van der Waals surface area contributed by atoms with Gasteiger partial charge in [0.15, 0.2) is 6.23 Å². The van der Waals surface area contributed by atoms with Crippen molar-refractivity contribution in [3.8, 4) is 0 Å². The largest absolute Gasteiger partial charge is 0.481 e. The summed E-state index contributed by atoms with van der Waals surface area (Å²) in [5.41, 5.74) is 0. The van der Waals surface area contributed by atoms with Crippen molar-refractivity contribution in [1.29, 1.82) is 0 Å². The molecule has 9 heteroatoms. The van der Waals surface area contributed by atoms with Crippen molar-refractivity contribution in [1.82, 2.24) is 24.5 Å². The van der Waals surface area contributed by atoms with E-state index >= 15 is 0 Å². The first-order chi connectivity index (χ1) is 14.3. The molecule has 3 saturated heterocycles. The molecule has 0 aromatic carbocycles. The van der Waals surface area contributed by atoms with E-state index in [0.717, 1.165) is 71.9 Å². The van der Waals surface area contributed by atoms with Crippen molar-refractivity contribution in [2.75, 3.05) is 72.0 Å². The van der Waals surface area contributed by atoms with Crippen LogP contribution in [-0.4, -0.2) is 132 Å². The van der Waals surface area contributed by atoms with Gasteiger partial charge in [-0.1, -0.05) is 0 Å². The van der Waals surface area contributed by atoms with Crippen LogP contribution in [0.2, 0.25) is 0 Å². The van der Waals surface area contributed by atoms with Crippen LogP contribution in [0, 0.1) is 0 Å². The van der Waals surface area contributed by atoms with E-state index in [1.165, 1.54) is 0 Å². The molecule has 0 spiro atoms. The Bertz CT molecular complexity index is 574. The summed E-state index contributed by atoms with van der Waals surface area (Å²) in [6.07, 6.45) is 0.741. The van der Waals surface area contributed by atoms with E-state index < -0.39 is 5.97 Å². The van der Waals surface area contributed by atoms with Gasteiger partial charge in [-0.15, -0.1) is 0 Å². The quantitative estimate of drug-likeness (QED) is 0.577. The summed E-state index contributed by atoms with van der Waals surface area (Å²) in [7, 11) is 0. The molecule has 9 nitrogen and oxygen atoms in total. The Balaban J connectivity index is 1.38. The van der Waals surface area contributed by atoms with Gasteiger partial charge in [0.2, 0.25) is 0 Å². The van der Waals surface area contributed by atoms with Crippen LogP contribution in [-0.2, 0) is 9.53 Å². The average molecular weight is 426 g/mol. The van der Waals surface area contributed by atoms with Gasteiger partial charge in [0, 0.05) is 71.5 Å². The molecule has 1 amide bonds. The minimum atomic E-state index is -0.756. The van der Waals surface area contributed by atoms with E-state index in [-0.39, 0.29) is 24.8 Å². The van der Waals surface area contributed by atoms with Gasteiger partial charge in [-0.3, -0.25) is 14.6 Å². The van der Waals surface area contributed by atoms with Crippen molar-refractivity contribution in [3.05, 3.63) is 0 Å². The van der Waals surface area contributed by atoms with Crippen molar-refractivity contribution >= 4 is 12.1 Å². The lowest BCUT2D eigenvalue weighted by atomic mass is 10.2. The number of amides is 1. The molecule has 0 aliphatic carbocycles. The third kappa shape index (κ3) is 6.06. The minimum absolute atomic E-state index is 0.0425. The molecule has 0 aromatic rings. The Morgan fingerprint density at radius 2 is 1.60 bits per heavy atom. The Hall–Kier alpha value is -1.42. The number of rotatable bonds is 9. The minimum Gasteiger partial charge on any atom is -0.481 e. The standard InChI is InChI=1S/C21H39N5O4/c1-17(2)24-13-9-22(10-14-24)6-4-7-26-18(3)20(30-21(26)29)25-15-11-23(12-16-25)8-5-19(27)28/h17-18,20H,4-16H2,1-3H3,(H,27,28). The Morgan fingerprint density at radius 1 is 1.00 bits per heavy atom. The van der Waals surface area contributed by atoms with Crippen LogP contribution < -0.4 is 0 Å². The predicted octanol–water partition coefficient (Wildman–Crippen LogP) is 0.662. The number of carbonyl (C=O) groups excluding carboxylic acids is 1. The number of ether oxygens (including phenoxy) is 1. The van der Waals surface area contributed by atoms with Gasteiger partial charge in [0.1, 0.15) is 0 Å². The van der Waals surface area contributed by atoms with Crippen molar-refractivity contribution < 1.29 is 19.4 Å². The zero-order chi connectivity index (χ0) is 21.7. The van der Waals surface area contributed by atoms with Gasteiger partial charge in [-0.25, -0.2) is 4.79 Å². The lowest BCUT2D eigenvalue weighted by Gasteiger charge is -2.38. The lowest BCUT2D eigenvalue weighted by molar-refractivity contribution is -0.137. The number of carboxylic acid groups (broad SMARTS) is 1. The lowest BCUT2D eigenvalue weighted by Crippen LogP contribution is -2.54. The SMILES string of the molecule is CC(C)N1CCN(CCCN2C(=O)OC(N3CCN(CCC(=O)O)CC3)C2C)CC1. The highest BCUT2D eigenvalue weighted by molar-refractivity contribution is 5.70. The molecule has 0 aromatic heterocycles. The third-order valence-electron chi connectivity index (χ3n) is 6.78. The zero-order valence-corrected chi connectivity index (χ0v) is 18.8. The van der Waals surface area contributed by atoms with E-state index in [2.05, 4.69) is 40.4 Å². The average Bonchev–Trinajstić information content (AvgIpc) is 3.01. The van der Waals surface area contributed by atoms with Gasteiger partial charge >= 0.3 is 12.1 Å². The highest BCUT2D eigenvalue weighted by atomic mass is 16.6. The van der Waals surface area contributed by atoms with E-state index in [0.29, 0.717) is 12.6 Å². The van der Waals surface area contributed by atoms with Crippen LogP contribution in [0.4, 0.5) is 4.79 Å². The summed E-state index contributed by atoms with van der Waals surface area (Å²) >= 11 is 0. The van der Waals surface area contributed by atoms with Crippen molar-refractivity contribution in [3.63, 3.8) is 0 Å². The van der Waals surface area contributed by atoms with Crippen LogP contribution in [0.25, 0.3) is 0 Å². The molecule has 30 heavy (non-hydrogen) atoms. The summed E-state index contributed by atoms with van der Waals surface area (Å²) in [4.78, 5) is 34.5. The molecule has 3 fully saturated rings. The van der Waals surface area contributed by atoms with Crippen LogP contribution in [0.15, 0.2) is 0 Å². The Morgan fingerprint density at radius 3 is 2.20 bits per heavy atom. The van der Waals surface area contributed by atoms with Crippen molar-refractivity contribution in [2.24, 2.45) is 0 Å². The number of carboxylic acids is 1. The maximum absolute atomic E-state index is 12.5. The molecule has 3 heterocycles. The first-order valence-electron chi connectivity index (χ1n) is 11.5. The third-order valence-corrected chi connectivity index (χ3v) is 6.78. The van der Waals surface area contributed by atoms with Crippen LogP contribution in [0.3, 0.4) is 0 Å². The fraction of sp³-hybridized carbons (Fsp3) is 0.905. The molecule has 2 unspecified atom stereocenters. The number of carbonyl (C=O) groups is 2. The second-order valence-electron chi connectivity index (χ2n) is 9.05. The van der Waals surface area contributed by atoms with Gasteiger partial charge in [0.25, 0.3) is 0 Å². The van der Waals surface area contributed by atoms with Gasteiger partial charge in [-0.05, 0) is 33.7 Å². The van der Waals surface area contributed by atoms with Gasteiger partial charge in [-0.2, -0.15) is 0 Å². The molecule has 0 saturated carbocycles. The van der Waals surface area contributed by atoms with E-state index in [9.17, 15) is 9.59 Å². The molecular formula is C21H39N5O4. The summed E-state index contributed by atoms with van der Waals surface area (Å²) in [6, 6.07) is 0.657. The number of piperazine rings is 2. The molecule has 1 N–H and O–H groups in total. The van der Waals surface area contributed by atoms with Gasteiger partial charge < -0.3 is 24.5 Å². The number of hydrogen-bond acceptors (Lipinski definition) is 7. The topological polar surface area (TPSA) is 79.8 Å². The van der Waals surface area contributed by atoms with E-state index in [1.54, 1.807) is 0 Å². The number of nitrogens with zero attached hydrogens (tertiary/aromatic N) is 5. The zero-order valence-electron chi connectivity index (χ0n) is 18.8. The molecule has 3 aliphatic rings. The Kier molecular flexibility index (Phi) is 8.33. The van der Waals surface area contributed by atoms with Crippen LogP contribution in [0.1, 0.15) is 33.6 Å².